The molecule has 11 nitrogen and oxygen atoms in total. The molecule has 1 saturated heterocycles. The molecule has 6 N–H and O–H groups in total. The minimum atomic E-state index is -4.22. The molecule has 0 amide bonds. The number of hydrogen-bond donors (Lipinski definition) is 4. The summed E-state index contributed by atoms with van der Waals surface area (Å²) in [5, 5.41) is 19.1. The number of aliphatic hydroxyl groups is 2. The van der Waals surface area contributed by atoms with E-state index in [1.807, 2.05) is 9.80 Å². The molecular weight excluding hydrogens is 356 g/mol. The molecule has 0 aromatic heterocycles. The van der Waals surface area contributed by atoms with Crippen molar-refractivity contribution < 1.29 is 41.6 Å². The summed E-state index contributed by atoms with van der Waals surface area (Å²) in [4.78, 5) is 3.61. The van der Waals surface area contributed by atoms with Crippen molar-refractivity contribution >= 4 is 20.2 Å². The van der Waals surface area contributed by atoms with Crippen LogP contribution >= 0.6 is 0 Å². The van der Waals surface area contributed by atoms with Gasteiger partial charge in [0.1, 0.15) is 11.5 Å². The van der Waals surface area contributed by atoms with Crippen LogP contribution in [0.2, 0.25) is 0 Å². The minimum absolute atomic E-state index is 0. The van der Waals surface area contributed by atoms with Gasteiger partial charge in [-0.1, -0.05) is 0 Å². The van der Waals surface area contributed by atoms with Crippen molar-refractivity contribution in [3.63, 3.8) is 0 Å². The van der Waals surface area contributed by atoms with Gasteiger partial charge in [-0.15, -0.1) is 0 Å². The Morgan fingerprint density at radius 3 is 1.22 bits per heavy atom. The molecule has 1 rings (SSSR count). The van der Waals surface area contributed by atoms with Crippen LogP contribution < -0.4 is 0 Å². The summed E-state index contributed by atoms with van der Waals surface area (Å²) in [5.74, 6) is -1.44. The van der Waals surface area contributed by atoms with Crippen molar-refractivity contribution in [3.05, 3.63) is 0 Å². The lowest BCUT2D eigenvalue weighted by Gasteiger charge is -2.36. The Hall–Kier alpha value is -0.380. The molecule has 1 aliphatic rings. The van der Waals surface area contributed by atoms with Crippen LogP contribution in [0.15, 0.2) is 0 Å². The molecule has 0 spiro atoms. The van der Waals surface area contributed by atoms with Gasteiger partial charge >= 0.3 is 0 Å². The highest BCUT2D eigenvalue weighted by Crippen LogP contribution is 2.05. The Morgan fingerprint density at radius 1 is 0.739 bits per heavy atom. The van der Waals surface area contributed by atoms with Crippen molar-refractivity contribution in [2.45, 2.75) is 12.2 Å². The second-order valence-electron chi connectivity index (χ2n) is 5.41. The summed E-state index contributed by atoms with van der Waals surface area (Å²) in [6, 6.07) is 0. The molecule has 2 atom stereocenters. The quantitative estimate of drug-likeness (QED) is 0.305. The lowest BCUT2D eigenvalue weighted by atomic mass is 10.2. The van der Waals surface area contributed by atoms with Crippen LogP contribution in [0.5, 0.6) is 0 Å². The largest absolute Gasteiger partial charge is 0.412 e. The standard InChI is InChI=1S/C10H22N2O8S2.H2O/c13-9(7-21(15,16)17)5-11-1-2-12(4-3-11)6-10(14)8-22(18,19)20;/h9-10,13-14H,1-8H2,(H,15,16,17)(H,18,19,20);1H2. The Kier molecular flexibility index (Phi) is 9.04. The first-order valence-electron chi connectivity index (χ1n) is 6.66. The smallest absolute Gasteiger partial charge is 0.267 e. The maximum absolute atomic E-state index is 10.6. The van der Waals surface area contributed by atoms with Crippen LogP contribution in [0.1, 0.15) is 0 Å². The highest BCUT2D eigenvalue weighted by molar-refractivity contribution is 7.86. The van der Waals surface area contributed by atoms with Crippen LogP contribution in [0.3, 0.4) is 0 Å². The number of β-amino-alcohol motifs (C(OH)–C–C–N with tert-alkyl or cyclic N) is 2. The zero-order valence-electron chi connectivity index (χ0n) is 12.4. The summed E-state index contributed by atoms with van der Waals surface area (Å²) >= 11 is 0. The molecule has 2 unspecified atom stereocenters. The van der Waals surface area contributed by atoms with Gasteiger partial charge < -0.3 is 15.7 Å². The summed E-state index contributed by atoms with van der Waals surface area (Å²) in [6.07, 6.45) is -2.38. The van der Waals surface area contributed by atoms with E-state index in [9.17, 15) is 27.0 Å². The van der Waals surface area contributed by atoms with Gasteiger partial charge in [-0.05, 0) is 0 Å². The third-order valence-corrected chi connectivity index (χ3v) is 4.82. The Labute approximate surface area is 135 Å². The van der Waals surface area contributed by atoms with Gasteiger partial charge in [-0.2, -0.15) is 16.8 Å². The number of hydrogen-bond acceptors (Lipinski definition) is 8. The fraction of sp³-hybridized carbons (Fsp3) is 1.00. The number of rotatable bonds is 8. The van der Waals surface area contributed by atoms with E-state index in [1.165, 1.54) is 0 Å². The van der Waals surface area contributed by atoms with Crippen molar-refractivity contribution in [1.82, 2.24) is 9.80 Å². The average Bonchev–Trinajstić information content (AvgIpc) is 2.26. The van der Waals surface area contributed by atoms with Gasteiger partial charge in [0, 0.05) is 39.3 Å². The van der Waals surface area contributed by atoms with E-state index in [-0.39, 0.29) is 18.6 Å². The van der Waals surface area contributed by atoms with Crippen LogP contribution in [0.4, 0.5) is 0 Å². The molecule has 23 heavy (non-hydrogen) atoms. The summed E-state index contributed by atoms with van der Waals surface area (Å²) in [5.41, 5.74) is 0. The normalized spacial score (nSPS) is 20.7. The van der Waals surface area contributed by atoms with Crippen molar-refractivity contribution in [2.24, 2.45) is 0 Å². The van der Waals surface area contributed by atoms with Gasteiger partial charge in [-0.3, -0.25) is 18.9 Å². The first kappa shape index (κ1) is 22.6. The highest BCUT2D eigenvalue weighted by atomic mass is 32.2. The maximum atomic E-state index is 10.6. The Bertz CT molecular complexity index is 493. The first-order chi connectivity index (χ1) is 9.94. The third kappa shape index (κ3) is 10.9. The van der Waals surface area contributed by atoms with Gasteiger partial charge in [0.2, 0.25) is 0 Å². The zero-order chi connectivity index (χ0) is 17.0. The summed E-state index contributed by atoms with van der Waals surface area (Å²) in [7, 11) is -8.44. The molecule has 1 aliphatic heterocycles. The first-order valence-corrected chi connectivity index (χ1v) is 9.87. The fourth-order valence-electron chi connectivity index (χ4n) is 2.34. The van der Waals surface area contributed by atoms with Gasteiger partial charge in [0.05, 0.1) is 12.2 Å². The lowest BCUT2D eigenvalue weighted by molar-refractivity contribution is 0.0583. The molecule has 140 valence electrons. The van der Waals surface area contributed by atoms with Crippen LogP contribution in [0.25, 0.3) is 0 Å². The van der Waals surface area contributed by atoms with E-state index in [2.05, 4.69) is 0 Å². The monoisotopic (exact) mass is 380 g/mol. The van der Waals surface area contributed by atoms with Crippen molar-refractivity contribution in [2.75, 3.05) is 50.8 Å². The van der Waals surface area contributed by atoms with E-state index < -0.39 is 43.9 Å². The predicted octanol–water partition coefficient (Wildman–Crippen LogP) is -3.72. The second kappa shape index (κ2) is 9.19. The average molecular weight is 380 g/mol. The molecule has 0 bridgehead atoms. The van der Waals surface area contributed by atoms with Crippen molar-refractivity contribution in [3.8, 4) is 0 Å². The lowest BCUT2D eigenvalue weighted by Crippen LogP contribution is -2.51. The fourth-order valence-corrected chi connectivity index (χ4v) is 3.53. The zero-order valence-corrected chi connectivity index (χ0v) is 14.1. The summed E-state index contributed by atoms with van der Waals surface area (Å²) < 4.78 is 59.8. The second-order valence-corrected chi connectivity index (χ2v) is 8.40. The van der Waals surface area contributed by atoms with Crippen LogP contribution in [-0.2, 0) is 20.2 Å². The number of aliphatic hydroxyl groups excluding tert-OH is 2. The number of piperazine rings is 1. The van der Waals surface area contributed by atoms with E-state index in [1.54, 1.807) is 0 Å². The maximum Gasteiger partial charge on any atom is 0.267 e. The Morgan fingerprint density at radius 2 is 1.00 bits per heavy atom. The van der Waals surface area contributed by atoms with E-state index in [4.69, 9.17) is 9.11 Å². The van der Waals surface area contributed by atoms with Crippen LogP contribution in [-0.4, -0.2) is 114 Å². The highest BCUT2D eigenvalue weighted by Gasteiger charge is 2.24. The van der Waals surface area contributed by atoms with Gasteiger partial charge in [0.25, 0.3) is 20.2 Å². The minimum Gasteiger partial charge on any atom is -0.412 e. The molecule has 0 aromatic carbocycles. The van der Waals surface area contributed by atoms with Gasteiger partial charge in [-0.25, -0.2) is 0 Å². The summed E-state index contributed by atoms with van der Waals surface area (Å²) in [6.45, 7) is 2.20. The molecular formula is C10H24N2O9S2. The predicted molar refractivity (Wildman–Crippen MR) is 81.3 cm³/mol. The molecule has 1 heterocycles. The molecule has 1 fully saturated rings. The molecule has 0 saturated carbocycles. The van der Waals surface area contributed by atoms with E-state index in [0.29, 0.717) is 26.2 Å². The Balaban J connectivity index is 0.00000484. The van der Waals surface area contributed by atoms with E-state index >= 15 is 0 Å². The molecule has 0 aromatic rings. The third-order valence-electron chi connectivity index (χ3n) is 3.21. The number of nitrogens with zero attached hydrogens (tertiary/aromatic N) is 2. The molecule has 0 radical (unpaired) electrons. The topological polar surface area (TPSA) is 187 Å². The van der Waals surface area contributed by atoms with Gasteiger partial charge in [0.15, 0.2) is 0 Å². The molecule has 13 heteroatoms. The van der Waals surface area contributed by atoms with Crippen LogP contribution in [0, 0.1) is 0 Å². The molecule has 0 aliphatic carbocycles. The van der Waals surface area contributed by atoms with E-state index in [0.717, 1.165) is 0 Å². The van der Waals surface area contributed by atoms with Crippen molar-refractivity contribution in [1.29, 1.82) is 0 Å². The SMILES string of the molecule is O.O=S(=O)(O)CC(O)CN1CCN(CC(O)CS(=O)(=O)O)CC1.